The molecule has 0 unspecified atom stereocenters. The van der Waals surface area contributed by atoms with Gasteiger partial charge in [-0.2, -0.15) is 0 Å². The minimum Gasteiger partial charge on any atom is -0.465 e. The smallest absolute Gasteiger partial charge is 0.220 e. The summed E-state index contributed by atoms with van der Waals surface area (Å²) < 4.78 is 5.12. The van der Waals surface area contributed by atoms with Crippen LogP contribution in [0, 0.1) is 0 Å². The molecule has 1 N–H and O–H groups in total. The van der Waals surface area contributed by atoms with E-state index >= 15 is 0 Å². The summed E-state index contributed by atoms with van der Waals surface area (Å²) >= 11 is 0. The number of hydrogen-bond donors (Lipinski definition) is 1. The molecule has 1 amide bonds. The van der Waals surface area contributed by atoms with Crippen LogP contribution in [0.25, 0.3) is 6.08 Å². The van der Waals surface area contributed by atoms with Crippen molar-refractivity contribution in [3.8, 4) is 0 Å². The second-order valence-electron chi connectivity index (χ2n) is 3.09. The van der Waals surface area contributed by atoms with Crippen LogP contribution in [0.3, 0.4) is 0 Å². The normalized spacial score (nSPS) is 22.5. The average Bonchev–Trinajstić information content (AvgIpc) is 2.71. The van der Waals surface area contributed by atoms with Gasteiger partial charge < -0.3 is 9.73 Å². The van der Waals surface area contributed by atoms with Crippen LogP contribution in [0.1, 0.15) is 18.6 Å². The number of amides is 1. The molecule has 2 heterocycles. The van der Waals surface area contributed by atoms with Crippen molar-refractivity contribution in [2.75, 3.05) is 0 Å². The number of carbonyl (C=O) groups excluding carboxylic acids is 1. The van der Waals surface area contributed by atoms with E-state index in [9.17, 15) is 4.79 Å². The van der Waals surface area contributed by atoms with E-state index in [1.807, 2.05) is 24.3 Å². The molecule has 0 radical (unpaired) electrons. The Morgan fingerprint density at radius 3 is 3.15 bits per heavy atom. The Labute approximate surface area is 76.4 Å². The third-order valence-corrected chi connectivity index (χ3v) is 2.06. The van der Waals surface area contributed by atoms with Gasteiger partial charge in [0.15, 0.2) is 0 Å². The van der Waals surface area contributed by atoms with Crippen molar-refractivity contribution in [3.05, 3.63) is 30.2 Å². The van der Waals surface area contributed by atoms with Crippen molar-refractivity contribution < 1.29 is 9.21 Å². The maximum atomic E-state index is 10.8. The predicted octanol–water partition coefficient (Wildman–Crippen LogP) is 1.57. The minimum absolute atomic E-state index is 0.133. The molecule has 0 bridgehead atoms. The molecule has 1 aliphatic rings. The zero-order chi connectivity index (χ0) is 9.10. The first-order chi connectivity index (χ1) is 6.34. The first kappa shape index (κ1) is 8.10. The van der Waals surface area contributed by atoms with Crippen LogP contribution in [-0.2, 0) is 4.79 Å². The van der Waals surface area contributed by atoms with E-state index in [1.165, 1.54) is 0 Å². The highest BCUT2D eigenvalue weighted by Crippen LogP contribution is 2.10. The number of nitrogens with one attached hydrogen (secondary N) is 1. The van der Waals surface area contributed by atoms with E-state index in [1.54, 1.807) is 6.26 Å². The summed E-state index contributed by atoms with van der Waals surface area (Å²) in [4.78, 5) is 10.8. The molecule has 1 aromatic rings. The third-order valence-electron chi connectivity index (χ3n) is 2.06. The van der Waals surface area contributed by atoms with Gasteiger partial charge in [-0.1, -0.05) is 6.08 Å². The van der Waals surface area contributed by atoms with Crippen molar-refractivity contribution in [2.24, 2.45) is 0 Å². The van der Waals surface area contributed by atoms with E-state index in [-0.39, 0.29) is 11.9 Å². The summed E-state index contributed by atoms with van der Waals surface area (Å²) in [6.45, 7) is 0. The fourth-order valence-electron chi connectivity index (χ4n) is 1.38. The monoisotopic (exact) mass is 177 g/mol. The molecule has 1 atom stereocenters. The zero-order valence-corrected chi connectivity index (χ0v) is 7.19. The van der Waals surface area contributed by atoms with Crippen LogP contribution in [0.15, 0.2) is 28.9 Å². The van der Waals surface area contributed by atoms with Crippen molar-refractivity contribution >= 4 is 12.0 Å². The standard InChI is InChI=1S/C10H11NO2/c12-10-6-4-8(11-10)3-5-9-2-1-7-13-9/h1-3,5,7-8H,4,6H2,(H,11,12)/b5-3-/t8-/m1/s1. The summed E-state index contributed by atoms with van der Waals surface area (Å²) in [5.74, 6) is 0.954. The molecular weight excluding hydrogens is 166 g/mol. The lowest BCUT2D eigenvalue weighted by Gasteiger charge is -2.00. The van der Waals surface area contributed by atoms with Gasteiger partial charge >= 0.3 is 0 Å². The van der Waals surface area contributed by atoms with Crippen LogP contribution < -0.4 is 5.32 Å². The Morgan fingerprint density at radius 1 is 1.62 bits per heavy atom. The largest absolute Gasteiger partial charge is 0.465 e. The fourth-order valence-corrected chi connectivity index (χ4v) is 1.38. The summed E-state index contributed by atoms with van der Waals surface area (Å²) in [5, 5.41) is 2.85. The van der Waals surface area contributed by atoms with E-state index < -0.39 is 0 Å². The van der Waals surface area contributed by atoms with Crippen LogP contribution in [0.2, 0.25) is 0 Å². The van der Waals surface area contributed by atoms with Gasteiger partial charge in [-0.25, -0.2) is 0 Å². The quantitative estimate of drug-likeness (QED) is 0.745. The third kappa shape index (κ3) is 1.99. The van der Waals surface area contributed by atoms with Crippen LogP contribution in [0.5, 0.6) is 0 Å². The SMILES string of the molecule is O=C1CC[C@@H](/C=C\c2ccco2)N1. The fraction of sp³-hybridized carbons (Fsp3) is 0.300. The summed E-state index contributed by atoms with van der Waals surface area (Å²) in [6.07, 6.45) is 7.00. The Morgan fingerprint density at radius 2 is 2.54 bits per heavy atom. The molecule has 1 aliphatic heterocycles. The van der Waals surface area contributed by atoms with Crippen molar-refractivity contribution in [1.29, 1.82) is 0 Å². The molecule has 3 nitrogen and oxygen atoms in total. The molecule has 1 aromatic heterocycles. The van der Waals surface area contributed by atoms with E-state index in [0.29, 0.717) is 6.42 Å². The van der Waals surface area contributed by atoms with Gasteiger partial charge in [0, 0.05) is 12.5 Å². The zero-order valence-electron chi connectivity index (χ0n) is 7.19. The first-order valence-electron chi connectivity index (χ1n) is 4.36. The van der Waals surface area contributed by atoms with Gasteiger partial charge in [0.2, 0.25) is 5.91 Å². The number of furan rings is 1. The molecule has 68 valence electrons. The van der Waals surface area contributed by atoms with Crippen LogP contribution >= 0.6 is 0 Å². The van der Waals surface area contributed by atoms with E-state index in [0.717, 1.165) is 12.2 Å². The molecule has 0 aliphatic carbocycles. The van der Waals surface area contributed by atoms with Gasteiger partial charge in [0.25, 0.3) is 0 Å². The predicted molar refractivity (Wildman–Crippen MR) is 48.9 cm³/mol. The number of hydrogen-bond acceptors (Lipinski definition) is 2. The molecule has 13 heavy (non-hydrogen) atoms. The molecule has 0 spiro atoms. The average molecular weight is 177 g/mol. The van der Waals surface area contributed by atoms with Gasteiger partial charge in [-0.05, 0) is 24.6 Å². The van der Waals surface area contributed by atoms with E-state index in [4.69, 9.17) is 4.42 Å². The Kier molecular flexibility index (Phi) is 2.17. The maximum Gasteiger partial charge on any atom is 0.220 e. The highest BCUT2D eigenvalue weighted by Gasteiger charge is 2.17. The molecule has 1 saturated heterocycles. The lowest BCUT2D eigenvalue weighted by Crippen LogP contribution is -2.22. The van der Waals surface area contributed by atoms with Gasteiger partial charge in [-0.15, -0.1) is 0 Å². The Hall–Kier alpha value is -1.51. The molecule has 2 rings (SSSR count). The van der Waals surface area contributed by atoms with Gasteiger partial charge in [0.1, 0.15) is 5.76 Å². The molecule has 3 heteroatoms. The first-order valence-corrected chi connectivity index (χ1v) is 4.36. The molecular formula is C10H11NO2. The van der Waals surface area contributed by atoms with Crippen molar-refractivity contribution in [1.82, 2.24) is 5.32 Å². The van der Waals surface area contributed by atoms with Crippen LogP contribution in [-0.4, -0.2) is 11.9 Å². The molecule has 1 fully saturated rings. The number of carbonyl (C=O) groups is 1. The van der Waals surface area contributed by atoms with Gasteiger partial charge in [0.05, 0.1) is 6.26 Å². The Balaban J connectivity index is 1.94. The minimum atomic E-state index is 0.133. The molecule has 0 aromatic carbocycles. The summed E-state index contributed by atoms with van der Waals surface area (Å²) in [5.41, 5.74) is 0. The van der Waals surface area contributed by atoms with Gasteiger partial charge in [-0.3, -0.25) is 4.79 Å². The second kappa shape index (κ2) is 3.47. The van der Waals surface area contributed by atoms with Crippen molar-refractivity contribution in [3.63, 3.8) is 0 Å². The lowest BCUT2D eigenvalue weighted by molar-refractivity contribution is -0.119. The highest BCUT2D eigenvalue weighted by atomic mass is 16.3. The summed E-state index contributed by atoms with van der Waals surface area (Å²) in [6, 6.07) is 3.90. The highest BCUT2D eigenvalue weighted by molar-refractivity contribution is 5.79. The lowest BCUT2D eigenvalue weighted by atomic mass is 10.2. The number of rotatable bonds is 2. The Bertz CT molecular complexity index is 314. The second-order valence-corrected chi connectivity index (χ2v) is 3.09. The summed E-state index contributed by atoms with van der Waals surface area (Å²) in [7, 11) is 0. The van der Waals surface area contributed by atoms with Crippen LogP contribution in [0.4, 0.5) is 0 Å². The topological polar surface area (TPSA) is 42.2 Å². The van der Waals surface area contributed by atoms with E-state index in [2.05, 4.69) is 5.32 Å². The van der Waals surface area contributed by atoms with Crippen molar-refractivity contribution in [2.45, 2.75) is 18.9 Å². The maximum absolute atomic E-state index is 10.8. The molecule has 0 saturated carbocycles.